The van der Waals surface area contributed by atoms with Crippen LogP contribution in [0.2, 0.25) is 0 Å². The van der Waals surface area contributed by atoms with E-state index in [1.165, 1.54) is 16.7 Å². The van der Waals surface area contributed by atoms with E-state index in [0.717, 1.165) is 42.5 Å². The van der Waals surface area contributed by atoms with Gasteiger partial charge in [0.25, 0.3) is 0 Å². The maximum Gasteiger partial charge on any atom is 0.231 e. The maximum atomic E-state index is 5.61. The molecule has 0 spiro atoms. The van der Waals surface area contributed by atoms with Crippen molar-refractivity contribution in [2.45, 2.75) is 12.3 Å². The summed E-state index contributed by atoms with van der Waals surface area (Å²) < 4.78 is 22.2. The molecule has 124 valence electrons. The van der Waals surface area contributed by atoms with Crippen molar-refractivity contribution in [2.24, 2.45) is 0 Å². The Morgan fingerprint density at radius 3 is 2.42 bits per heavy atom. The average Bonchev–Trinajstić information content (AvgIpc) is 3.21. The van der Waals surface area contributed by atoms with Gasteiger partial charge in [-0.2, -0.15) is 0 Å². The summed E-state index contributed by atoms with van der Waals surface area (Å²) in [6, 6.07) is 10.6. The Morgan fingerprint density at radius 2 is 1.58 bits per heavy atom. The number of nitrogens with zero attached hydrogens (tertiary/aromatic N) is 1. The van der Waals surface area contributed by atoms with E-state index < -0.39 is 0 Å². The minimum atomic E-state index is 0.275. The second-order valence-electron chi connectivity index (χ2n) is 6.58. The van der Waals surface area contributed by atoms with E-state index in [0.29, 0.717) is 13.6 Å². The van der Waals surface area contributed by atoms with Crippen LogP contribution in [0.1, 0.15) is 22.6 Å². The smallest absolute Gasteiger partial charge is 0.231 e. The zero-order chi connectivity index (χ0) is 16.1. The van der Waals surface area contributed by atoms with Gasteiger partial charge in [0.1, 0.15) is 0 Å². The Morgan fingerprint density at radius 1 is 0.875 bits per heavy atom. The molecule has 0 amide bonds. The first kappa shape index (κ1) is 14.0. The Kier molecular flexibility index (Phi) is 3.10. The number of fused-ring (bicyclic) bond motifs is 3. The number of rotatable bonds is 1. The molecule has 0 saturated heterocycles. The molecule has 5 heteroatoms. The van der Waals surface area contributed by atoms with Crippen molar-refractivity contribution in [1.82, 2.24) is 4.90 Å². The van der Waals surface area contributed by atoms with Crippen molar-refractivity contribution < 1.29 is 18.9 Å². The monoisotopic (exact) mass is 325 g/mol. The molecule has 0 bridgehead atoms. The molecule has 0 aliphatic carbocycles. The SMILES string of the molecule is CN1CCc2cc3c(cc2C(c2ccc4c(c2)OCO4)C1)OCO3. The van der Waals surface area contributed by atoms with Crippen molar-refractivity contribution >= 4 is 0 Å². The summed E-state index contributed by atoms with van der Waals surface area (Å²) in [6.45, 7) is 2.62. The summed E-state index contributed by atoms with van der Waals surface area (Å²) in [5.41, 5.74) is 3.90. The molecule has 2 aromatic carbocycles. The first-order valence-corrected chi connectivity index (χ1v) is 8.28. The molecule has 3 aliphatic rings. The van der Waals surface area contributed by atoms with Crippen molar-refractivity contribution in [2.75, 3.05) is 33.7 Å². The van der Waals surface area contributed by atoms with Crippen LogP contribution in [-0.4, -0.2) is 38.6 Å². The van der Waals surface area contributed by atoms with E-state index in [1.807, 2.05) is 6.07 Å². The van der Waals surface area contributed by atoms with Gasteiger partial charge >= 0.3 is 0 Å². The Hall–Kier alpha value is -2.40. The zero-order valence-corrected chi connectivity index (χ0v) is 13.6. The molecule has 0 fully saturated rings. The summed E-state index contributed by atoms with van der Waals surface area (Å²) in [5, 5.41) is 0. The van der Waals surface area contributed by atoms with Gasteiger partial charge in [-0.05, 0) is 54.4 Å². The Bertz CT molecular complexity index is 804. The highest BCUT2D eigenvalue weighted by Gasteiger charge is 2.28. The van der Waals surface area contributed by atoms with Gasteiger partial charge < -0.3 is 23.8 Å². The molecule has 5 rings (SSSR count). The maximum absolute atomic E-state index is 5.61. The van der Waals surface area contributed by atoms with Crippen LogP contribution in [0.3, 0.4) is 0 Å². The quantitative estimate of drug-likeness (QED) is 0.806. The summed E-state index contributed by atoms with van der Waals surface area (Å²) in [5.74, 6) is 3.65. The molecule has 2 aromatic rings. The van der Waals surface area contributed by atoms with Crippen LogP contribution in [0.25, 0.3) is 0 Å². The second kappa shape index (κ2) is 5.31. The average molecular weight is 325 g/mol. The van der Waals surface area contributed by atoms with E-state index in [2.05, 4.69) is 36.2 Å². The minimum absolute atomic E-state index is 0.275. The van der Waals surface area contributed by atoms with E-state index in [1.54, 1.807) is 0 Å². The van der Waals surface area contributed by atoms with Crippen LogP contribution >= 0.6 is 0 Å². The molecule has 24 heavy (non-hydrogen) atoms. The summed E-state index contributed by atoms with van der Waals surface area (Å²) in [4.78, 5) is 2.38. The first-order chi connectivity index (χ1) is 11.8. The predicted molar refractivity (Wildman–Crippen MR) is 88.2 cm³/mol. The third-order valence-electron chi connectivity index (χ3n) is 5.07. The lowest BCUT2D eigenvalue weighted by Gasteiger charge is -2.22. The van der Waals surface area contributed by atoms with Gasteiger partial charge in [0.2, 0.25) is 13.6 Å². The molecule has 0 aromatic heterocycles. The summed E-state index contributed by atoms with van der Waals surface area (Å²) in [7, 11) is 2.17. The second-order valence-corrected chi connectivity index (χ2v) is 6.58. The zero-order valence-electron chi connectivity index (χ0n) is 13.6. The standard InChI is InChI=1S/C19H19NO4/c1-20-5-4-13-7-18-19(24-11-23-18)8-14(13)15(9-20)12-2-3-16-17(6-12)22-10-21-16/h2-3,6-8,15H,4-5,9-11H2,1H3. The third kappa shape index (κ3) is 2.19. The van der Waals surface area contributed by atoms with Gasteiger partial charge in [0.15, 0.2) is 23.0 Å². The van der Waals surface area contributed by atoms with Crippen LogP contribution in [0, 0.1) is 0 Å². The van der Waals surface area contributed by atoms with Crippen LogP contribution < -0.4 is 18.9 Å². The number of benzene rings is 2. The lowest BCUT2D eigenvalue weighted by molar-refractivity contribution is 0.173. The van der Waals surface area contributed by atoms with Crippen LogP contribution in [0.4, 0.5) is 0 Å². The van der Waals surface area contributed by atoms with Gasteiger partial charge in [-0.3, -0.25) is 0 Å². The van der Waals surface area contributed by atoms with E-state index >= 15 is 0 Å². The van der Waals surface area contributed by atoms with Crippen molar-refractivity contribution in [1.29, 1.82) is 0 Å². The first-order valence-electron chi connectivity index (χ1n) is 8.28. The molecule has 1 atom stereocenters. The van der Waals surface area contributed by atoms with Gasteiger partial charge in [-0.15, -0.1) is 0 Å². The van der Waals surface area contributed by atoms with Crippen LogP contribution in [-0.2, 0) is 6.42 Å². The molecule has 5 nitrogen and oxygen atoms in total. The highest BCUT2D eigenvalue weighted by atomic mass is 16.7. The molecule has 0 N–H and O–H groups in total. The van der Waals surface area contributed by atoms with Crippen molar-refractivity contribution in [3.05, 3.63) is 47.0 Å². The predicted octanol–water partition coefficient (Wildman–Crippen LogP) is 2.76. The normalized spacial score (nSPS) is 21.5. The Balaban J connectivity index is 1.62. The summed E-state index contributed by atoms with van der Waals surface area (Å²) >= 11 is 0. The Labute approximate surface area is 140 Å². The topological polar surface area (TPSA) is 40.2 Å². The summed E-state index contributed by atoms with van der Waals surface area (Å²) in [6.07, 6.45) is 1.02. The van der Waals surface area contributed by atoms with E-state index in [-0.39, 0.29) is 5.92 Å². The molecule has 1 unspecified atom stereocenters. The number of ether oxygens (including phenoxy) is 4. The highest BCUT2D eigenvalue weighted by molar-refractivity contribution is 5.54. The van der Waals surface area contributed by atoms with Crippen LogP contribution in [0.5, 0.6) is 23.0 Å². The molecule has 0 radical (unpaired) electrons. The largest absolute Gasteiger partial charge is 0.454 e. The van der Waals surface area contributed by atoms with E-state index in [4.69, 9.17) is 18.9 Å². The van der Waals surface area contributed by atoms with Gasteiger partial charge in [0, 0.05) is 19.0 Å². The third-order valence-corrected chi connectivity index (χ3v) is 5.07. The fourth-order valence-electron chi connectivity index (χ4n) is 3.77. The molecular formula is C19H19NO4. The van der Waals surface area contributed by atoms with Crippen molar-refractivity contribution in [3.63, 3.8) is 0 Å². The minimum Gasteiger partial charge on any atom is -0.454 e. The lowest BCUT2D eigenvalue weighted by Crippen LogP contribution is -2.24. The van der Waals surface area contributed by atoms with Gasteiger partial charge in [-0.1, -0.05) is 6.07 Å². The highest BCUT2D eigenvalue weighted by Crippen LogP contribution is 2.42. The molecule has 0 saturated carbocycles. The fraction of sp³-hybridized carbons (Fsp3) is 0.368. The molecule has 3 heterocycles. The molecule has 3 aliphatic heterocycles. The number of likely N-dealkylation sites (N-methyl/N-ethyl adjacent to an activating group) is 1. The fourth-order valence-corrected chi connectivity index (χ4v) is 3.77. The van der Waals surface area contributed by atoms with Crippen molar-refractivity contribution in [3.8, 4) is 23.0 Å². The molecular weight excluding hydrogens is 306 g/mol. The number of hydrogen-bond acceptors (Lipinski definition) is 5. The number of hydrogen-bond donors (Lipinski definition) is 0. The van der Waals surface area contributed by atoms with Gasteiger partial charge in [0.05, 0.1) is 0 Å². The van der Waals surface area contributed by atoms with E-state index in [9.17, 15) is 0 Å². The van der Waals surface area contributed by atoms with Crippen LogP contribution in [0.15, 0.2) is 30.3 Å². The van der Waals surface area contributed by atoms with Gasteiger partial charge in [-0.25, -0.2) is 0 Å². The lowest BCUT2D eigenvalue weighted by atomic mass is 9.87.